The predicted molar refractivity (Wildman–Crippen MR) is 64.0 cm³/mol. The number of aliphatic carboxylic acids is 1. The summed E-state index contributed by atoms with van der Waals surface area (Å²) in [5, 5.41) is 19.6. The molecule has 94 valence electrons. The van der Waals surface area contributed by atoms with Gasteiger partial charge in [-0.1, -0.05) is 11.8 Å². The molecule has 2 rings (SSSR count). The Morgan fingerprint density at radius 1 is 1.71 bits per heavy atom. The molecule has 0 spiro atoms. The van der Waals surface area contributed by atoms with E-state index < -0.39 is 12.0 Å². The molecule has 0 aliphatic heterocycles. The molecule has 0 bridgehead atoms. The minimum atomic E-state index is -0.774. The van der Waals surface area contributed by atoms with Crippen LogP contribution >= 0.6 is 11.8 Å². The average Bonchev–Trinajstić information content (AvgIpc) is 3.00. The number of carboxylic acids is 1. The number of H-pyrrole nitrogens is 1. The van der Waals surface area contributed by atoms with E-state index in [1.54, 1.807) is 0 Å². The van der Waals surface area contributed by atoms with Gasteiger partial charge in [0.05, 0.1) is 0 Å². The molecular weight excluding hydrogens is 240 g/mol. The smallest absolute Gasteiger partial charge is 0.320 e. The van der Waals surface area contributed by atoms with Gasteiger partial charge in [-0.15, -0.1) is 5.10 Å². The highest BCUT2D eigenvalue weighted by Crippen LogP contribution is 2.21. The number of hydrogen-bond donors (Lipinski definition) is 3. The SMILES string of the molecule is Cc1nc(SCCC(NC2CC2)C(=O)O)n[nH]1. The lowest BCUT2D eigenvalue weighted by Gasteiger charge is -2.12. The lowest BCUT2D eigenvalue weighted by Crippen LogP contribution is -2.38. The Morgan fingerprint density at radius 2 is 2.47 bits per heavy atom. The van der Waals surface area contributed by atoms with E-state index in [2.05, 4.69) is 20.5 Å². The quantitative estimate of drug-likeness (QED) is 0.625. The summed E-state index contributed by atoms with van der Waals surface area (Å²) in [6.45, 7) is 1.84. The van der Waals surface area contributed by atoms with Crippen LogP contribution in [0.5, 0.6) is 0 Å². The second kappa shape index (κ2) is 5.50. The first-order valence-corrected chi connectivity index (χ1v) is 6.64. The number of thioether (sulfide) groups is 1. The molecule has 1 fully saturated rings. The fourth-order valence-electron chi connectivity index (χ4n) is 1.47. The van der Waals surface area contributed by atoms with Crippen LogP contribution < -0.4 is 5.32 Å². The van der Waals surface area contributed by atoms with E-state index in [9.17, 15) is 4.79 Å². The summed E-state index contributed by atoms with van der Waals surface area (Å²) in [6.07, 6.45) is 2.78. The summed E-state index contributed by atoms with van der Waals surface area (Å²) in [6, 6.07) is -0.0399. The van der Waals surface area contributed by atoms with Crippen LogP contribution in [0.2, 0.25) is 0 Å². The first kappa shape index (κ1) is 12.4. The Labute approximate surface area is 104 Å². The van der Waals surface area contributed by atoms with Crippen LogP contribution in [0, 0.1) is 6.92 Å². The molecule has 3 N–H and O–H groups in total. The summed E-state index contributed by atoms with van der Waals surface area (Å²) < 4.78 is 0. The summed E-state index contributed by atoms with van der Waals surface area (Å²) in [5.74, 6) is 0.704. The highest BCUT2D eigenvalue weighted by Gasteiger charge is 2.27. The van der Waals surface area contributed by atoms with Crippen LogP contribution in [0.15, 0.2) is 5.16 Å². The van der Waals surface area contributed by atoms with E-state index in [-0.39, 0.29) is 0 Å². The van der Waals surface area contributed by atoms with Crippen molar-refractivity contribution in [3.05, 3.63) is 5.82 Å². The number of carbonyl (C=O) groups is 1. The van der Waals surface area contributed by atoms with Gasteiger partial charge in [-0.05, 0) is 26.2 Å². The number of aryl methyl sites for hydroxylation is 1. The van der Waals surface area contributed by atoms with Crippen LogP contribution in [-0.2, 0) is 4.79 Å². The van der Waals surface area contributed by atoms with Gasteiger partial charge < -0.3 is 10.4 Å². The van der Waals surface area contributed by atoms with Gasteiger partial charge in [0.2, 0.25) is 5.16 Å². The molecule has 0 aromatic carbocycles. The molecule has 0 saturated heterocycles. The second-order valence-corrected chi connectivity index (χ2v) is 5.23. The molecule has 17 heavy (non-hydrogen) atoms. The molecule has 1 aliphatic rings. The molecule has 0 radical (unpaired) electrons. The average molecular weight is 256 g/mol. The third-order valence-corrected chi connectivity index (χ3v) is 3.41. The van der Waals surface area contributed by atoms with E-state index in [0.717, 1.165) is 18.7 Å². The zero-order valence-corrected chi connectivity index (χ0v) is 10.5. The number of aromatic amines is 1. The van der Waals surface area contributed by atoms with Crippen molar-refractivity contribution in [1.29, 1.82) is 0 Å². The number of nitrogens with zero attached hydrogens (tertiary/aromatic N) is 2. The monoisotopic (exact) mass is 256 g/mol. The fourth-order valence-corrected chi connectivity index (χ4v) is 2.32. The van der Waals surface area contributed by atoms with Gasteiger partial charge in [0, 0.05) is 11.8 Å². The summed E-state index contributed by atoms with van der Waals surface area (Å²) in [5.41, 5.74) is 0. The van der Waals surface area contributed by atoms with Gasteiger partial charge in [-0.2, -0.15) is 0 Å². The Bertz CT molecular complexity index is 391. The molecule has 1 aromatic heterocycles. The molecule has 0 amide bonds. The van der Waals surface area contributed by atoms with E-state index >= 15 is 0 Å². The van der Waals surface area contributed by atoms with Gasteiger partial charge in [-0.25, -0.2) is 4.98 Å². The first-order chi connectivity index (χ1) is 8.15. The molecule has 1 aromatic rings. The van der Waals surface area contributed by atoms with Crippen molar-refractivity contribution < 1.29 is 9.90 Å². The van der Waals surface area contributed by atoms with E-state index in [0.29, 0.717) is 23.4 Å². The van der Waals surface area contributed by atoms with Crippen molar-refractivity contribution in [1.82, 2.24) is 20.5 Å². The zero-order valence-electron chi connectivity index (χ0n) is 9.64. The standard InChI is InChI=1S/C10H16N4O2S/c1-6-11-10(14-13-6)17-5-4-8(9(15)16)12-7-2-3-7/h7-8,12H,2-5H2,1H3,(H,15,16)(H,11,13,14). The molecule has 7 heteroatoms. The van der Waals surface area contributed by atoms with Gasteiger partial charge in [0.15, 0.2) is 0 Å². The molecule has 1 heterocycles. The van der Waals surface area contributed by atoms with E-state index in [1.165, 1.54) is 11.8 Å². The maximum Gasteiger partial charge on any atom is 0.320 e. The number of aromatic nitrogens is 3. The molecule has 1 saturated carbocycles. The summed E-state index contributed by atoms with van der Waals surface area (Å²) in [7, 11) is 0. The third-order valence-electron chi connectivity index (χ3n) is 2.53. The van der Waals surface area contributed by atoms with E-state index in [4.69, 9.17) is 5.11 Å². The Balaban J connectivity index is 1.72. The molecular formula is C10H16N4O2S. The van der Waals surface area contributed by atoms with Crippen molar-refractivity contribution in [2.24, 2.45) is 0 Å². The highest BCUT2D eigenvalue weighted by molar-refractivity contribution is 7.99. The minimum absolute atomic E-state index is 0.409. The topological polar surface area (TPSA) is 90.9 Å². The van der Waals surface area contributed by atoms with Crippen LogP contribution in [0.25, 0.3) is 0 Å². The second-order valence-electron chi connectivity index (χ2n) is 4.17. The Morgan fingerprint density at radius 3 is 3.00 bits per heavy atom. The zero-order chi connectivity index (χ0) is 12.3. The van der Waals surface area contributed by atoms with Crippen molar-refractivity contribution in [3.63, 3.8) is 0 Å². The van der Waals surface area contributed by atoms with E-state index in [1.807, 2.05) is 6.92 Å². The van der Waals surface area contributed by atoms with Crippen LogP contribution in [0.1, 0.15) is 25.1 Å². The largest absolute Gasteiger partial charge is 0.480 e. The highest BCUT2D eigenvalue weighted by atomic mass is 32.2. The lowest BCUT2D eigenvalue weighted by molar-refractivity contribution is -0.139. The number of rotatable bonds is 7. The predicted octanol–water partition coefficient (Wildman–Crippen LogP) is 0.801. The normalized spacial score (nSPS) is 17.0. The maximum atomic E-state index is 11.0. The lowest BCUT2D eigenvalue weighted by atomic mass is 10.2. The molecule has 6 nitrogen and oxygen atoms in total. The fraction of sp³-hybridized carbons (Fsp3) is 0.700. The molecule has 1 aliphatic carbocycles. The number of nitrogens with one attached hydrogen (secondary N) is 2. The maximum absolute atomic E-state index is 11.0. The summed E-state index contributed by atoms with van der Waals surface area (Å²) in [4.78, 5) is 15.2. The Kier molecular flexibility index (Phi) is 4.01. The molecule has 1 atom stereocenters. The van der Waals surface area contributed by atoms with Gasteiger partial charge in [0.1, 0.15) is 11.9 Å². The van der Waals surface area contributed by atoms with Gasteiger partial charge in [0.25, 0.3) is 0 Å². The van der Waals surface area contributed by atoms with Crippen molar-refractivity contribution in [2.45, 2.75) is 43.4 Å². The van der Waals surface area contributed by atoms with Crippen LogP contribution in [-0.4, -0.2) is 44.1 Å². The third kappa shape index (κ3) is 4.01. The van der Waals surface area contributed by atoms with Crippen molar-refractivity contribution in [2.75, 3.05) is 5.75 Å². The summed E-state index contributed by atoms with van der Waals surface area (Å²) >= 11 is 1.48. The van der Waals surface area contributed by atoms with Crippen LogP contribution in [0.4, 0.5) is 0 Å². The van der Waals surface area contributed by atoms with Gasteiger partial charge >= 0.3 is 5.97 Å². The van der Waals surface area contributed by atoms with Crippen molar-refractivity contribution in [3.8, 4) is 0 Å². The van der Waals surface area contributed by atoms with Crippen LogP contribution in [0.3, 0.4) is 0 Å². The first-order valence-electron chi connectivity index (χ1n) is 5.66. The van der Waals surface area contributed by atoms with Crippen molar-refractivity contribution >= 4 is 17.7 Å². The minimum Gasteiger partial charge on any atom is -0.480 e. The Hall–Kier alpha value is -1.08. The number of hydrogen-bond acceptors (Lipinski definition) is 5. The number of carboxylic acid groups (broad SMARTS) is 1. The van der Waals surface area contributed by atoms with Gasteiger partial charge in [-0.3, -0.25) is 9.89 Å². The molecule has 1 unspecified atom stereocenters.